The van der Waals surface area contributed by atoms with Crippen molar-refractivity contribution in [1.29, 1.82) is 0 Å². The molecule has 134 valence electrons. The summed E-state index contributed by atoms with van der Waals surface area (Å²) < 4.78 is 5.27. The van der Waals surface area contributed by atoms with Crippen LogP contribution in [0.3, 0.4) is 0 Å². The van der Waals surface area contributed by atoms with Gasteiger partial charge >= 0.3 is 0 Å². The summed E-state index contributed by atoms with van der Waals surface area (Å²) >= 11 is 6.01. The van der Waals surface area contributed by atoms with Crippen LogP contribution >= 0.6 is 24.0 Å². The molecule has 0 aromatic heterocycles. The molecule has 7 heteroatoms. The number of amides is 1. The van der Waals surface area contributed by atoms with Crippen LogP contribution < -0.4 is 20.3 Å². The minimum Gasteiger partial charge on any atom is -0.495 e. The van der Waals surface area contributed by atoms with E-state index in [-0.39, 0.29) is 24.9 Å². The van der Waals surface area contributed by atoms with Crippen molar-refractivity contribution in [2.24, 2.45) is 0 Å². The van der Waals surface area contributed by atoms with Gasteiger partial charge in [-0.3, -0.25) is 4.79 Å². The Bertz CT molecular complexity index is 740. The molecule has 1 heterocycles. The molecule has 0 saturated carbocycles. The molecule has 25 heavy (non-hydrogen) atoms. The van der Waals surface area contributed by atoms with Gasteiger partial charge in [-0.2, -0.15) is 0 Å². The highest BCUT2D eigenvalue weighted by molar-refractivity contribution is 6.31. The number of carbonyl (C=O) groups is 1. The Morgan fingerprint density at radius 3 is 2.92 bits per heavy atom. The maximum absolute atomic E-state index is 12.5. The minimum absolute atomic E-state index is 0. The van der Waals surface area contributed by atoms with Crippen molar-refractivity contribution in [1.82, 2.24) is 5.32 Å². The number of hydrogen-bond donors (Lipinski definition) is 2. The first-order valence-corrected chi connectivity index (χ1v) is 8.22. The van der Waals surface area contributed by atoms with Crippen molar-refractivity contribution in [2.45, 2.75) is 6.54 Å². The summed E-state index contributed by atoms with van der Waals surface area (Å²) in [5, 5.41) is 6.81. The number of nitrogens with one attached hydrogen (secondary N) is 2. The van der Waals surface area contributed by atoms with Crippen LogP contribution in [0.4, 0.5) is 11.4 Å². The minimum atomic E-state index is -0.104. The second kappa shape index (κ2) is 8.94. The highest BCUT2D eigenvalue weighted by Crippen LogP contribution is 2.28. The Kier molecular flexibility index (Phi) is 6.93. The standard InChI is InChI=1S/C18H20ClN3O2.ClH/c1-24-17-7-6-14(19)10-15(17)21-18(23)12-22-9-8-20-11-13-4-2-3-5-16(13)22;/h2-7,10,20H,8-9,11-12H2,1H3,(H,21,23);1H. The molecule has 0 radical (unpaired) electrons. The molecule has 2 aromatic rings. The first kappa shape index (κ1) is 19.4. The second-order valence-corrected chi connectivity index (χ2v) is 6.06. The normalized spacial score (nSPS) is 13.3. The van der Waals surface area contributed by atoms with Gasteiger partial charge in [0.25, 0.3) is 0 Å². The number of hydrogen-bond acceptors (Lipinski definition) is 4. The Labute approximate surface area is 158 Å². The molecule has 2 N–H and O–H groups in total. The van der Waals surface area contributed by atoms with Gasteiger partial charge in [0.15, 0.2) is 0 Å². The van der Waals surface area contributed by atoms with Gasteiger partial charge in [0.1, 0.15) is 5.75 Å². The summed E-state index contributed by atoms with van der Waals surface area (Å²) in [6.07, 6.45) is 0. The van der Waals surface area contributed by atoms with E-state index >= 15 is 0 Å². The highest BCUT2D eigenvalue weighted by atomic mass is 35.5. The molecule has 1 aliphatic rings. The van der Waals surface area contributed by atoms with E-state index in [1.807, 2.05) is 12.1 Å². The van der Waals surface area contributed by atoms with E-state index in [0.29, 0.717) is 16.5 Å². The van der Waals surface area contributed by atoms with Crippen LogP contribution in [-0.4, -0.2) is 32.7 Å². The molecule has 0 saturated heterocycles. The van der Waals surface area contributed by atoms with Gasteiger partial charge in [-0.25, -0.2) is 0 Å². The predicted octanol–water partition coefficient (Wildman–Crippen LogP) is 3.32. The molecule has 0 bridgehead atoms. The number of rotatable bonds is 4. The fourth-order valence-corrected chi connectivity index (χ4v) is 3.00. The van der Waals surface area contributed by atoms with Crippen molar-refractivity contribution >= 4 is 41.3 Å². The lowest BCUT2D eigenvalue weighted by Gasteiger charge is -2.24. The third-order valence-corrected chi connectivity index (χ3v) is 4.21. The lowest BCUT2D eigenvalue weighted by atomic mass is 10.1. The van der Waals surface area contributed by atoms with Crippen LogP contribution in [0, 0.1) is 0 Å². The molecule has 0 atom stereocenters. The average Bonchev–Trinajstić information content (AvgIpc) is 2.78. The molecule has 0 aliphatic carbocycles. The molecule has 5 nitrogen and oxygen atoms in total. The molecule has 1 aliphatic heterocycles. The molecule has 0 spiro atoms. The summed E-state index contributed by atoms with van der Waals surface area (Å²) in [4.78, 5) is 14.6. The summed E-state index contributed by atoms with van der Waals surface area (Å²) in [6.45, 7) is 2.70. The van der Waals surface area contributed by atoms with E-state index in [9.17, 15) is 4.79 Å². The van der Waals surface area contributed by atoms with E-state index in [2.05, 4.69) is 27.7 Å². The zero-order chi connectivity index (χ0) is 16.9. The van der Waals surface area contributed by atoms with E-state index in [0.717, 1.165) is 25.3 Å². The Hall–Kier alpha value is -1.95. The number of carbonyl (C=O) groups excluding carboxylic acids is 1. The first-order valence-electron chi connectivity index (χ1n) is 7.84. The number of fused-ring (bicyclic) bond motifs is 1. The number of anilines is 2. The highest BCUT2D eigenvalue weighted by Gasteiger charge is 2.18. The van der Waals surface area contributed by atoms with Gasteiger partial charge < -0.3 is 20.3 Å². The van der Waals surface area contributed by atoms with Gasteiger partial charge in [0.2, 0.25) is 5.91 Å². The monoisotopic (exact) mass is 381 g/mol. The maximum atomic E-state index is 12.5. The van der Waals surface area contributed by atoms with Gasteiger partial charge in [0, 0.05) is 30.3 Å². The van der Waals surface area contributed by atoms with Crippen LogP contribution in [0.2, 0.25) is 5.02 Å². The zero-order valence-electron chi connectivity index (χ0n) is 13.9. The zero-order valence-corrected chi connectivity index (χ0v) is 15.5. The Morgan fingerprint density at radius 2 is 2.12 bits per heavy atom. The number of halogens is 2. The summed E-state index contributed by atoms with van der Waals surface area (Å²) in [5.41, 5.74) is 2.87. The second-order valence-electron chi connectivity index (χ2n) is 5.62. The van der Waals surface area contributed by atoms with Crippen LogP contribution in [0.15, 0.2) is 42.5 Å². The largest absolute Gasteiger partial charge is 0.495 e. The number of ether oxygens (including phenoxy) is 1. The van der Waals surface area contributed by atoms with Crippen LogP contribution in [-0.2, 0) is 11.3 Å². The van der Waals surface area contributed by atoms with E-state index < -0.39 is 0 Å². The average molecular weight is 382 g/mol. The molecule has 2 aromatic carbocycles. The molecule has 0 fully saturated rings. The molecule has 1 amide bonds. The quantitative estimate of drug-likeness (QED) is 0.852. The lowest BCUT2D eigenvalue weighted by molar-refractivity contribution is -0.115. The number of para-hydroxylation sites is 1. The van der Waals surface area contributed by atoms with Crippen molar-refractivity contribution in [3.05, 3.63) is 53.1 Å². The van der Waals surface area contributed by atoms with Crippen molar-refractivity contribution < 1.29 is 9.53 Å². The Morgan fingerprint density at radius 1 is 1.32 bits per heavy atom. The third-order valence-electron chi connectivity index (χ3n) is 3.98. The number of benzene rings is 2. The predicted molar refractivity (Wildman–Crippen MR) is 104 cm³/mol. The topological polar surface area (TPSA) is 53.6 Å². The van der Waals surface area contributed by atoms with Gasteiger partial charge in [-0.1, -0.05) is 29.8 Å². The third kappa shape index (κ3) is 4.78. The van der Waals surface area contributed by atoms with E-state index in [1.165, 1.54) is 5.56 Å². The molecular weight excluding hydrogens is 361 g/mol. The SMILES string of the molecule is COc1ccc(Cl)cc1NC(=O)CN1CCNCc2ccccc21.Cl. The van der Waals surface area contributed by atoms with Gasteiger partial charge in [-0.05, 0) is 29.8 Å². The first-order chi connectivity index (χ1) is 11.7. The summed E-state index contributed by atoms with van der Waals surface area (Å²) in [5.74, 6) is 0.484. The van der Waals surface area contributed by atoms with Gasteiger partial charge in [0.05, 0.1) is 19.3 Å². The molecule has 0 unspecified atom stereocenters. The van der Waals surface area contributed by atoms with Crippen LogP contribution in [0.1, 0.15) is 5.56 Å². The van der Waals surface area contributed by atoms with Crippen molar-refractivity contribution in [3.63, 3.8) is 0 Å². The molecular formula is C18H21Cl2N3O2. The fourth-order valence-electron chi connectivity index (χ4n) is 2.83. The van der Waals surface area contributed by atoms with Crippen molar-refractivity contribution in [2.75, 3.05) is 37.0 Å². The summed E-state index contributed by atoms with van der Waals surface area (Å²) in [6, 6.07) is 13.3. The fraction of sp³-hybridized carbons (Fsp3) is 0.278. The van der Waals surface area contributed by atoms with Crippen LogP contribution in [0.25, 0.3) is 0 Å². The molecule has 3 rings (SSSR count). The summed E-state index contributed by atoms with van der Waals surface area (Å²) in [7, 11) is 1.57. The van der Waals surface area contributed by atoms with Gasteiger partial charge in [-0.15, -0.1) is 12.4 Å². The van der Waals surface area contributed by atoms with E-state index in [1.54, 1.807) is 25.3 Å². The number of methoxy groups -OCH3 is 1. The number of nitrogens with zero attached hydrogens (tertiary/aromatic N) is 1. The van der Waals surface area contributed by atoms with Crippen molar-refractivity contribution in [3.8, 4) is 5.75 Å². The van der Waals surface area contributed by atoms with Crippen LogP contribution in [0.5, 0.6) is 5.75 Å². The lowest BCUT2D eigenvalue weighted by Crippen LogP contribution is -2.36. The maximum Gasteiger partial charge on any atom is 0.243 e. The van der Waals surface area contributed by atoms with E-state index in [4.69, 9.17) is 16.3 Å². The smallest absolute Gasteiger partial charge is 0.243 e. The Balaban J connectivity index is 0.00000225.